The van der Waals surface area contributed by atoms with Crippen LogP contribution in [0.25, 0.3) is 0 Å². The molecule has 1 aliphatic carbocycles. The molecule has 0 aromatic carbocycles. The van der Waals surface area contributed by atoms with Crippen molar-refractivity contribution in [3.8, 4) is 0 Å². The molecule has 1 unspecified atom stereocenters. The van der Waals surface area contributed by atoms with Crippen LogP contribution in [0, 0.1) is 5.92 Å². The lowest BCUT2D eigenvalue weighted by Crippen LogP contribution is -2.07. The second-order valence-corrected chi connectivity index (χ2v) is 7.06. The Morgan fingerprint density at radius 1 is 1.50 bits per heavy atom. The quantitative estimate of drug-likeness (QED) is 0.704. The maximum atomic E-state index is 10.8. The van der Waals surface area contributed by atoms with Crippen molar-refractivity contribution >= 4 is 25.8 Å². The Labute approximate surface area is 82.8 Å². The van der Waals surface area contributed by atoms with E-state index in [1.165, 1.54) is 19.1 Å². The average Bonchev–Trinajstić information content (AvgIpc) is 2.64. The van der Waals surface area contributed by atoms with E-state index in [1.54, 1.807) is 0 Å². The summed E-state index contributed by atoms with van der Waals surface area (Å²) < 4.78 is 21.6. The molecule has 0 aromatic heterocycles. The smallest absolute Gasteiger partial charge is 0.147 e. The third-order valence-corrected chi connectivity index (χ3v) is 4.36. The molecule has 72 valence electrons. The minimum absolute atomic E-state index is 0.335. The monoisotopic (exact) mass is 254 g/mol. The summed E-state index contributed by atoms with van der Waals surface area (Å²) in [7, 11) is -2.75. The molecule has 12 heavy (non-hydrogen) atoms. The summed E-state index contributed by atoms with van der Waals surface area (Å²) in [6.45, 7) is 0. The number of rotatable bonds is 5. The molecule has 0 N–H and O–H groups in total. The van der Waals surface area contributed by atoms with Gasteiger partial charge in [0.25, 0.3) is 0 Å². The third-order valence-electron chi connectivity index (χ3n) is 2.13. The van der Waals surface area contributed by atoms with E-state index < -0.39 is 9.84 Å². The zero-order valence-electron chi connectivity index (χ0n) is 7.29. The van der Waals surface area contributed by atoms with Crippen LogP contribution in [0.15, 0.2) is 0 Å². The van der Waals surface area contributed by atoms with Gasteiger partial charge in [-0.2, -0.15) is 0 Å². The van der Waals surface area contributed by atoms with E-state index >= 15 is 0 Å². The van der Waals surface area contributed by atoms with E-state index in [9.17, 15) is 8.42 Å². The van der Waals surface area contributed by atoms with Crippen LogP contribution in [-0.2, 0) is 9.84 Å². The van der Waals surface area contributed by atoms with Crippen LogP contribution in [0.1, 0.15) is 25.7 Å². The first-order valence-electron chi connectivity index (χ1n) is 4.31. The van der Waals surface area contributed by atoms with E-state index in [2.05, 4.69) is 15.9 Å². The highest BCUT2D eigenvalue weighted by Gasteiger charge is 2.28. The zero-order valence-corrected chi connectivity index (χ0v) is 9.70. The molecule has 0 aliphatic heterocycles. The molecule has 1 saturated carbocycles. The number of hydrogen-bond donors (Lipinski definition) is 0. The Hall–Kier alpha value is 0.430. The molecule has 0 bridgehead atoms. The Morgan fingerprint density at radius 3 is 2.50 bits per heavy atom. The molecule has 0 heterocycles. The number of hydrogen-bond acceptors (Lipinski definition) is 2. The molecular formula is C8H15BrO2S. The van der Waals surface area contributed by atoms with Gasteiger partial charge in [0, 0.05) is 16.8 Å². The Morgan fingerprint density at radius 2 is 2.08 bits per heavy atom. The largest absolute Gasteiger partial charge is 0.229 e. The van der Waals surface area contributed by atoms with Gasteiger partial charge >= 0.3 is 0 Å². The summed E-state index contributed by atoms with van der Waals surface area (Å²) in [4.78, 5) is 0.555. The van der Waals surface area contributed by atoms with Gasteiger partial charge < -0.3 is 0 Å². The molecule has 1 atom stereocenters. The van der Waals surface area contributed by atoms with Crippen molar-refractivity contribution in [3.05, 3.63) is 0 Å². The lowest BCUT2D eigenvalue weighted by Gasteiger charge is -2.06. The number of alkyl halides is 1. The van der Waals surface area contributed by atoms with Crippen LogP contribution in [-0.4, -0.2) is 25.3 Å². The van der Waals surface area contributed by atoms with Gasteiger partial charge in [-0.15, -0.1) is 0 Å². The first-order chi connectivity index (χ1) is 5.49. The summed E-state index contributed by atoms with van der Waals surface area (Å²) in [6.07, 6.45) is 5.72. The van der Waals surface area contributed by atoms with Gasteiger partial charge in [-0.1, -0.05) is 15.9 Å². The van der Waals surface area contributed by atoms with Crippen molar-refractivity contribution in [2.24, 2.45) is 5.92 Å². The van der Waals surface area contributed by atoms with Gasteiger partial charge in [0.05, 0.1) is 0 Å². The minimum Gasteiger partial charge on any atom is -0.229 e. The van der Waals surface area contributed by atoms with Gasteiger partial charge in [0.1, 0.15) is 9.84 Å². The van der Waals surface area contributed by atoms with Gasteiger partial charge in [-0.25, -0.2) is 8.42 Å². The van der Waals surface area contributed by atoms with Crippen molar-refractivity contribution in [2.45, 2.75) is 30.5 Å². The van der Waals surface area contributed by atoms with Gasteiger partial charge in [0.15, 0.2) is 0 Å². The van der Waals surface area contributed by atoms with Crippen LogP contribution >= 0.6 is 15.9 Å². The van der Waals surface area contributed by atoms with Crippen molar-refractivity contribution in [1.29, 1.82) is 0 Å². The Balaban J connectivity index is 2.09. The minimum atomic E-state index is -2.75. The summed E-state index contributed by atoms with van der Waals surface area (Å²) in [5.41, 5.74) is 0. The van der Waals surface area contributed by atoms with Gasteiger partial charge in [-0.3, -0.25) is 0 Å². The molecule has 1 aliphatic rings. The molecule has 4 heteroatoms. The highest BCUT2D eigenvalue weighted by molar-refractivity contribution is 9.09. The summed E-state index contributed by atoms with van der Waals surface area (Å²) in [6, 6.07) is 0. The first kappa shape index (κ1) is 10.5. The van der Waals surface area contributed by atoms with Crippen LogP contribution in [0.2, 0.25) is 0 Å². The summed E-state index contributed by atoms with van der Waals surface area (Å²) >= 11 is 3.58. The normalized spacial score (nSPS) is 20.8. The fourth-order valence-electron chi connectivity index (χ4n) is 1.23. The van der Waals surface area contributed by atoms with Gasteiger partial charge in [-0.05, 0) is 31.6 Å². The summed E-state index contributed by atoms with van der Waals surface area (Å²) in [5.74, 6) is 1.16. The topological polar surface area (TPSA) is 34.1 Å². The Bertz CT molecular complexity index is 231. The lowest BCUT2D eigenvalue weighted by atomic mass is 10.2. The molecule has 0 aromatic rings. The fourth-order valence-corrected chi connectivity index (χ4v) is 2.78. The standard InChI is InChI=1S/C8H15BrO2S/c1-12(10,11)6-2-3-8(9)7-4-5-7/h7-8H,2-6H2,1H3. The van der Waals surface area contributed by atoms with E-state index in [-0.39, 0.29) is 0 Å². The van der Waals surface area contributed by atoms with E-state index in [1.807, 2.05) is 0 Å². The predicted molar refractivity (Wildman–Crippen MR) is 54.4 cm³/mol. The number of halogens is 1. The van der Waals surface area contributed by atoms with Crippen molar-refractivity contribution in [2.75, 3.05) is 12.0 Å². The lowest BCUT2D eigenvalue weighted by molar-refractivity contribution is 0.594. The van der Waals surface area contributed by atoms with Crippen LogP contribution < -0.4 is 0 Å². The highest BCUT2D eigenvalue weighted by Crippen LogP contribution is 2.38. The predicted octanol–water partition coefficient (Wildman–Crippen LogP) is 1.98. The average molecular weight is 255 g/mol. The van der Waals surface area contributed by atoms with Crippen LogP contribution in [0.5, 0.6) is 0 Å². The summed E-state index contributed by atoms with van der Waals surface area (Å²) in [5, 5.41) is 0. The van der Waals surface area contributed by atoms with E-state index in [0.29, 0.717) is 10.6 Å². The molecule has 1 fully saturated rings. The maximum Gasteiger partial charge on any atom is 0.147 e. The van der Waals surface area contributed by atoms with Crippen molar-refractivity contribution in [3.63, 3.8) is 0 Å². The molecule has 2 nitrogen and oxygen atoms in total. The SMILES string of the molecule is CS(=O)(=O)CCCC(Br)C1CC1. The zero-order chi connectivity index (χ0) is 9.19. The Kier molecular flexibility index (Phi) is 3.58. The number of sulfone groups is 1. The third kappa shape index (κ3) is 4.45. The van der Waals surface area contributed by atoms with E-state index in [0.717, 1.165) is 18.8 Å². The maximum absolute atomic E-state index is 10.8. The first-order valence-corrected chi connectivity index (χ1v) is 7.28. The van der Waals surface area contributed by atoms with Crippen molar-refractivity contribution in [1.82, 2.24) is 0 Å². The van der Waals surface area contributed by atoms with Crippen molar-refractivity contribution < 1.29 is 8.42 Å². The second-order valence-electron chi connectivity index (χ2n) is 3.63. The van der Waals surface area contributed by atoms with Gasteiger partial charge in [0.2, 0.25) is 0 Å². The molecule has 0 saturated heterocycles. The second kappa shape index (κ2) is 4.09. The van der Waals surface area contributed by atoms with E-state index in [4.69, 9.17) is 0 Å². The molecule has 1 rings (SSSR count). The van der Waals surface area contributed by atoms with Crippen LogP contribution in [0.4, 0.5) is 0 Å². The molecule has 0 radical (unpaired) electrons. The molecule has 0 spiro atoms. The van der Waals surface area contributed by atoms with Crippen LogP contribution in [0.3, 0.4) is 0 Å². The highest BCUT2D eigenvalue weighted by atomic mass is 79.9. The molecule has 0 amide bonds. The fraction of sp³-hybridized carbons (Fsp3) is 1.00. The molecular weight excluding hydrogens is 240 g/mol.